The zero-order chi connectivity index (χ0) is 13.2. The van der Waals surface area contributed by atoms with E-state index in [0.29, 0.717) is 17.4 Å². The van der Waals surface area contributed by atoms with Gasteiger partial charge in [0.05, 0.1) is 0 Å². The zero-order valence-corrected chi connectivity index (χ0v) is 10.8. The first-order chi connectivity index (χ1) is 9.24. The minimum atomic E-state index is 0.511. The number of aromatic nitrogens is 3. The Morgan fingerprint density at radius 1 is 1.16 bits per heavy atom. The Morgan fingerprint density at radius 2 is 2.05 bits per heavy atom. The molecule has 0 radical (unpaired) electrons. The molecule has 19 heavy (non-hydrogen) atoms. The Labute approximate surface area is 111 Å². The van der Waals surface area contributed by atoms with Crippen molar-refractivity contribution in [3.05, 3.63) is 48.2 Å². The topological polar surface area (TPSA) is 51.8 Å². The Bertz CT molecular complexity index is 710. The number of pyridine rings is 1. The van der Waals surface area contributed by atoms with Crippen molar-refractivity contribution in [2.45, 2.75) is 6.92 Å². The Morgan fingerprint density at radius 3 is 2.84 bits per heavy atom. The lowest BCUT2D eigenvalue weighted by atomic mass is 9.92. The van der Waals surface area contributed by atoms with Crippen LogP contribution in [0.4, 0.5) is 0 Å². The van der Waals surface area contributed by atoms with Gasteiger partial charge in [0.1, 0.15) is 13.5 Å². The molecular formula is C14H12BN3O. The van der Waals surface area contributed by atoms with Gasteiger partial charge in [0.15, 0.2) is 0 Å². The lowest BCUT2D eigenvalue weighted by Crippen LogP contribution is -2.02. The van der Waals surface area contributed by atoms with Crippen molar-refractivity contribution in [1.82, 2.24) is 15.1 Å². The van der Waals surface area contributed by atoms with Crippen molar-refractivity contribution in [3.8, 4) is 23.0 Å². The average Bonchev–Trinajstić information content (AvgIpc) is 2.92. The molecule has 0 saturated heterocycles. The average molecular weight is 249 g/mol. The maximum Gasteiger partial charge on any atom is 0.258 e. The summed E-state index contributed by atoms with van der Waals surface area (Å²) in [7, 11) is 2.04. The smallest absolute Gasteiger partial charge is 0.258 e. The van der Waals surface area contributed by atoms with E-state index in [4.69, 9.17) is 4.52 Å². The number of hydrogen-bond donors (Lipinski definition) is 0. The second-order valence-electron chi connectivity index (χ2n) is 4.46. The largest absolute Gasteiger partial charge is 0.334 e. The van der Waals surface area contributed by atoms with Crippen molar-refractivity contribution in [1.29, 1.82) is 0 Å². The van der Waals surface area contributed by atoms with E-state index < -0.39 is 0 Å². The van der Waals surface area contributed by atoms with E-state index in [0.717, 1.165) is 16.6 Å². The van der Waals surface area contributed by atoms with Crippen molar-refractivity contribution < 1.29 is 4.52 Å². The molecule has 0 N–H and O–H groups in total. The normalized spacial score (nSPS) is 10.6. The predicted molar refractivity (Wildman–Crippen MR) is 75.9 cm³/mol. The molecule has 0 amide bonds. The second kappa shape index (κ2) is 4.68. The van der Waals surface area contributed by atoms with Crippen LogP contribution >= 0.6 is 0 Å². The molecule has 0 saturated carbocycles. The van der Waals surface area contributed by atoms with Gasteiger partial charge in [0.2, 0.25) is 5.82 Å². The van der Waals surface area contributed by atoms with E-state index in [1.54, 1.807) is 6.20 Å². The van der Waals surface area contributed by atoms with Crippen LogP contribution in [0.3, 0.4) is 0 Å². The molecule has 5 heteroatoms. The zero-order valence-electron chi connectivity index (χ0n) is 10.8. The molecule has 92 valence electrons. The molecule has 0 fully saturated rings. The van der Waals surface area contributed by atoms with E-state index in [2.05, 4.69) is 27.3 Å². The van der Waals surface area contributed by atoms with Gasteiger partial charge in [-0.3, -0.25) is 4.98 Å². The molecule has 4 nitrogen and oxygen atoms in total. The highest BCUT2D eigenvalue weighted by molar-refractivity contribution is 6.32. The molecule has 0 aliphatic heterocycles. The first-order valence-corrected chi connectivity index (χ1v) is 6.07. The van der Waals surface area contributed by atoms with Gasteiger partial charge in [-0.05, 0) is 24.6 Å². The Hall–Kier alpha value is -2.43. The number of rotatable bonds is 2. The van der Waals surface area contributed by atoms with Crippen LogP contribution in [0.25, 0.3) is 23.0 Å². The van der Waals surface area contributed by atoms with Crippen molar-refractivity contribution in [3.63, 3.8) is 0 Å². The maximum atomic E-state index is 5.34. The van der Waals surface area contributed by atoms with Crippen LogP contribution in [0, 0.1) is 6.92 Å². The van der Waals surface area contributed by atoms with Gasteiger partial charge in [-0.2, -0.15) is 4.98 Å². The third-order valence-corrected chi connectivity index (χ3v) is 2.94. The molecule has 0 bridgehead atoms. The van der Waals surface area contributed by atoms with Gasteiger partial charge in [-0.25, -0.2) is 0 Å². The van der Waals surface area contributed by atoms with Crippen LogP contribution in [-0.4, -0.2) is 23.0 Å². The molecule has 3 aromatic rings. The third kappa shape index (κ3) is 2.27. The molecule has 0 spiro atoms. The van der Waals surface area contributed by atoms with Gasteiger partial charge in [-0.1, -0.05) is 34.9 Å². The van der Waals surface area contributed by atoms with Crippen LogP contribution in [0.5, 0.6) is 0 Å². The minimum absolute atomic E-state index is 0.511. The summed E-state index contributed by atoms with van der Waals surface area (Å²) in [4.78, 5) is 8.62. The van der Waals surface area contributed by atoms with Gasteiger partial charge in [0, 0.05) is 11.8 Å². The fourth-order valence-electron chi connectivity index (χ4n) is 1.90. The quantitative estimate of drug-likeness (QED) is 0.643. The van der Waals surface area contributed by atoms with Crippen LogP contribution in [0.1, 0.15) is 5.56 Å². The molecule has 0 aliphatic rings. The third-order valence-electron chi connectivity index (χ3n) is 2.94. The van der Waals surface area contributed by atoms with Crippen LogP contribution < -0.4 is 5.46 Å². The minimum Gasteiger partial charge on any atom is -0.334 e. The van der Waals surface area contributed by atoms with Crippen LogP contribution in [-0.2, 0) is 0 Å². The Kier molecular flexibility index (Phi) is 2.87. The Balaban J connectivity index is 2.04. The number of aryl methyl sites for hydroxylation is 1. The van der Waals surface area contributed by atoms with Gasteiger partial charge < -0.3 is 4.52 Å². The summed E-state index contributed by atoms with van der Waals surface area (Å²) >= 11 is 0. The molecule has 0 aliphatic carbocycles. The summed E-state index contributed by atoms with van der Waals surface area (Å²) in [6, 6.07) is 11.8. The molecule has 3 rings (SSSR count). The van der Waals surface area contributed by atoms with Crippen LogP contribution in [0.2, 0.25) is 0 Å². The highest BCUT2D eigenvalue weighted by Crippen LogP contribution is 2.22. The van der Waals surface area contributed by atoms with Crippen molar-refractivity contribution >= 4 is 13.3 Å². The summed E-state index contributed by atoms with van der Waals surface area (Å²) in [5.74, 6) is 1.04. The SMILES string of the molecule is Bc1ccc(C)c(-c2nc(-c3ccccn3)no2)c1. The van der Waals surface area contributed by atoms with Gasteiger partial charge >= 0.3 is 0 Å². The van der Waals surface area contributed by atoms with E-state index in [-0.39, 0.29) is 0 Å². The first kappa shape index (κ1) is 11.7. The number of nitrogens with zero attached hydrogens (tertiary/aromatic N) is 3. The number of benzene rings is 1. The predicted octanol–water partition coefficient (Wildman–Crippen LogP) is 1.37. The highest BCUT2D eigenvalue weighted by atomic mass is 16.5. The van der Waals surface area contributed by atoms with E-state index in [9.17, 15) is 0 Å². The fourth-order valence-corrected chi connectivity index (χ4v) is 1.90. The summed E-state index contributed by atoms with van der Waals surface area (Å²) in [6.07, 6.45) is 1.71. The lowest BCUT2D eigenvalue weighted by Gasteiger charge is -2.01. The monoisotopic (exact) mass is 249 g/mol. The summed E-state index contributed by atoms with van der Waals surface area (Å²) in [6.45, 7) is 2.03. The standard InChI is InChI=1S/C14H12BN3O/c1-9-5-6-10(15)8-11(9)14-17-13(18-19-14)12-4-2-3-7-16-12/h2-8H,15H2,1H3. The summed E-state index contributed by atoms with van der Waals surface area (Å²) in [5, 5.41) is 3.98. The molecule has 0 unspecified atom stereocenters. The lowest BCUT2D eigenvalue weighted by molar-refractivity contribution is 0.432. The van der Waals surface area contributed by atoms with Gasteiger partial charge in [-0.15, -0.1) is 0 Å². The first-order valence-electron chi connectivity index (χ1n) is 6.07. The maximum absolute atomic E-state index is 5.34. The van der Waals surface area contributed by atoms with Gasteiger partial charge in [0.25, 0.3) is 5.89 Å². The summed E-state index contributed by atoms with van der Waals surface area (Å²) < 4.78 is 5.34. The molecule has 2 heterocycles. The number of hydrogen-bond acceptors (Lipinski definition) is 4. The fraction of sp³-hybridized carbons (Fsp3) is 0.0714. The molecule has 2 aromatic heterocycles. The van der Waals surface area contributed by atoms with E-state index >= 15 is 0 Å². The molecule has 1 aromatic carbocycles. The summed E-state index contributed by atoms with van der Waals surface area (Å²) in [5.41, 5.74) is 3.96. The van der Waals surface area contributed by atoms with Crippen molar-refractivity contribution in [2.75, 3.05) is 0 Å². The highest BCUT2D eigenvalue weighted by Gasteiger charge is 2.13. The van der Waals surface area contributed by atoms with Crippen LogP contribution in [0.15, 0.2) is 47.1 Å². The molecular weight excluding hydrogens is 237 g/mol. The molecule has 0 atom stereocenters. The van der Waals surface area contributed by atoms with E-state index in [1.807, 2.05) is 39.0 Å². The second-order valence-corrected chi connectivity index (χ2v) is 4.46. The van der Waals surface area contributed by atoms with Crippen molar-refractivity contribution in [2.24, 2.45) is 0 Å². The van der Waals surface area contributed by atoms with E-state index in [1.165, 1.54) is 0 Å².